The molecule has 3 heterocycles. The minimum Gasteiger partial charge on any atom is -0.309 e. The minimum absolute atomic E-state index is 0.422. The second kappa shape index (κ2) is 9.20. The highest BCUT2D eigenvalue weighted by molar-refractivity contribution is 7.98. The molecule has 2 aromatic heterocycles. The number of hydrogen-bond donors (Lipinski definition) is 0. The number of likely N-dealkylation sites (tertiary alicyclic amines) is 1. The summed E-state index contributed by atoms with van der Waals surface area (Å²) in [7, 11) is 2.11. The summed E-state index contributed by atoms with van der Waals surface area (Å²) >= 11 is 1.76. The molecule has 2 aromatic carbocycles. The standard InChI is InChI=1S/C25H27N5S/c1-29-24(27-28-25(29)31-18-19-8-3-2-4-9-19)21-11-7-15-30(17-21)16-20-10-5-13-23-22(20)12-6-14-26-23/h2-6,8-10,12-14,21H,7,11,15-18H2,1H3. The molecule has 6 heteroatoms. The number of pyridine rings is 1. The summed E-state index contributed by atoms with van der Waals surface area (Å²) < 4.78 is 2.20. The minimum atomic E-state index is 0.422. The van der Waals surface area contributed by atoms with E-state index in [1.54, 1.807) is 11.8 Å². The van der Waals surface area contributed by atoms with Crippen molar-refractivity contribution >= 4 is 22.7 Å². The van der Waals surface area contributed by atoms with Gasteiger partial charge in [-0.1, -0.05) is 60.3 Å². The van der Waals surface area contributed by atoms with Crippen LogP contribution in [0.25, 0.3) is 10.9 Å². The summed E-state index contributed by atoms with van der Waals surface area (Å²) in [5.41, 5.74) is 3.73. The number of rotatable bonds is 6. The molecule has 0 radical (unpaired) electrons. The summed E-state index contributed by atoms with van der Waals surface area (Å²) in [5.74, 6) is 2.45. The van der Waals surface area contributed by atoms with Gasteiger partial charge in [-0.15, -0.1) is 10.2 Å². The van der Waals surface area contributed by atoms with Crippen LogP contribution < -0.4 is 0 Å². The lowest BCUT2D eigenvalue weighted by molar-refractivity contribution is 0.195. The van der Waals surface area contributed by atoms with Crippen molar-refractivity contribution in [1.29, 1.82) is 0 Å². The highest BCUT2D eigenvalue weighted by atomic mass is 32.2. The Morgan fingerprint density at radius 3 is 2.81 bits per heavy atom. The van der Waals surface area contributed by atoms with Crippen LogP contribution >= 0.6 is 11.8 Å². The number of aromatic nitrogens is 4. The van der Waals surface area contributed by atoms with Crippen molar-refractivity contribution in [3.05, 3.63) is 83.8 Å². The van der Waals surface area contributed by atoms with E-state index in [2.05, 4.69) is 86.3 Å². The molecule has 5 rings (SSSR count). The fourth-order valence-electron chi connectivity index (χ4n) is 4.49. The summed E-state index contributed by atoms with van der Waals surface area (Å²) in [4.78, 5) is 7.07. The van der Waals surface area contributed by atoms with E-state index >= 15 is 0 Å². The van der Waals surface area contributed by atoms with Gasteiger partial charge in [0.15, 0.2) is 5.16 Å². The Labute approximate surface area is 187 Å². The first-order valence-electron chi connectivity index (χ1n) is 10.9. The fraction of sp³-hybridized carbons (Fsp3) is 0.320. The van der Waals surface area contributed by atoms with Crippen molar-refractivity contribution in [2.75, 3.05) is 13.1 Å². The molecule has 0 aliphatic carbocycles. The van der Waals surface area contributed by atoms with Gasteiger partial charge in [-0.3, -0.25) is 9.88 Å². The number of thioether (sulfide) groups is 1. The van der Waals surface area contributed by atoms with Crippen LogP contribution in [-0.4, -0.2) is 37.7 Å². The van der Waals surface area contributed by atoms with E-state index in [0.29, 0.717) is 5.92 Å². The topological polar surface area (TPSA) is 46.8 Å². The fourth-order valence-corrected chi connectivity index (χ4v) is 5.36. The number of benzene rings is 2. The quantitative estimate of drug-likeness (QED) is 0.402. The molecule has 31 heavy (non-hydrogen) atoms. The van der Waals surface area contributed by atoms with Crippen LogP contribution in [0.4, 0.5) is 0 Å². The van der Waals surface area contributed by atoms with Crippen molar-refractivity contribution in [2.24, 2.45) is 7.05 Å². The molecule has 1 fully saturated rings. The Balaban J connectivity index is 1.28. The first-order chi connectivity index (χ1) is 15.3. The zero-order chi connectivity index (χ0) is 21.0. The van der Waals surface area contributed by atoms with Crippen molar-refractivity contribution < 1.29 is 0 Å². The van der Waals surface area contributed by atoms with Crippen LogP contribution in [0.5, 0.6) is 0 Å². The Morgan fingerprint density at radius 1 is 1.00 bits per heavy atom. The third-order valence-electron chi connectivity index (χ3n) is 6.08. The zero-order valence-electron chi connectivity index (χ0n) is 17.8. The van der Waals surface area contributed by atoms with Gasteiger partial charge in [0, 0.05) is 43.4 Å². The normalized spacial score (nSPS) is 17.3. The summed E-state index contributed by atoms with van der Waals surface area (Å²) in [6, 6.07) is 21.2. The molecule has 0 amide bonds. The van der Waals surface area contributed by atoms with E-state index in [4.69, 9.17) is 0 Å². The van der Waals surface area contributed by atoms with Gasteiger partial charge in [-0.2, -0.15) is 0 Å². The molecule has 0 N–H and O–H groups in total. The Kier molecular flexibility index (Phi) is 6.00. The Hall–Kier alpha value is -2.70. The first-order valence-corrected chi connectivity index (χ1v) is 11.9. The van der Waals surface area contributed by atoms with Crippen LogP contribution in [0.2, 0.25) is 0 Å². The van der Waals surface area contributed by atoms with Crippen LogP contribution in [-0.2, 0) is 19.3 Å². The van der Waals surface area contributed by atoms with Gasteiger partial charge in [0.05, 0.1) is 5.52 Å². The molecule has 0 saturated carbocycles. The number of hydrogen-bond acceptors (Lipinski definition) is 5. The van der Waals surface area contributed by atoms with E-state index in [1.165, 1.54) is 29.4 Å². The third kappa shape index (κ3) is 4.50. The third-order valence-corrected chi connectivity index (χ3v) is 7.17. The second-order valence-corrected chi connectivity index (χ2v) is 9.18. The van der Waals surface area contributed by atoms with Crippen molar-refractivity contribution in [3.8, 4) is 0 Å². The largest absolute Gasteiger partial charge is 0.309 e. The number of nitrogens with zero attached hydrogens (tertiary/aromatic N) is 5. The lowest BCUT2D eigenvalue weighted by atomic mass is 9.96. The zero-order valence-corrected chi connectivity index (χ0v) is 18.6. The maximum atomic E-state index is 4.60. The molecule has 1 atom stereocenters. The molecular formula is C25H27N5S. The SMILES string of the molecule is Cn1c(SCc2ccccc2)nnc1C1CCCN(Cc2cccc3ncccc23)C1. The molecule has 0 bridgehead atoms. The van der Waals surface area contributed by atoms with Crippen molar-refractivity contribution in [3.63, 3.8) is 0 Å². The summed E-state index contributed by atoms with van der Waals surface area (Å²) in [5, 5.41) is 11.4. The van der Waals surface area contributed by atoms with E-state index in [0.717, 1.165) is 41.9 Å². The van der Waals surface area contributed by atoms with Gasteiger partial charge < -0.3 is 4.57 Å². The first kappa shape index (κ1) is 20.2. The predicted molar refractivity (Wildman–Crippen MR) is 126 cm³/mol. The van der Waals surface area contributed by atoms with E-state index in [9.17, 15) is 0 Å². The Bertz CT molecular complexity index is 1150. The van der Waals surface area contributed by atoms with Gasteiger partial charge in [0.1, 0.15) is 5.82 Å². The van der Waals surface area contributed by atoms with Gasteiger partial charge >= 0.3 is 0 Å². The van der Waals surface area contributed by atoms with Gasteiger partial charge in [-0.05, 0) is 42.6 Å². The molecule has 1 saturated heterocycles. The van der Waals surface area contributed by atoms with Gasteiger partial charge in [0.2, 0.25) is 0 Å². The molecule has 1 aliphatic rings. The molecular weight excluding hydrogens is 402 g/mol. The molecule has 1 unspecified atom stereocenters. The highest BCUT2D eigenvalue weighted by Gasteiger charge is 2.26. The molecule has 0 spiro atoms. The Morgan fingerprint density at radius 2 is 1.90 bits per heavy atom. The average molecular weight is 430 g/mol. The summed E-state index contributed by atoms with van der Waals surface area (Å²) in [6.45, 7) is 3.10. The second-order valence-electron chi connectivity index (χ2n) is 8.24. The molecule has 1 aliphatic heterocycles. The highest BCUT2D eigenvalue weighted by Crippen LogP contribution is 2.30. The van der Waals surface area contributed by atoms with Crippen LogP contribution in [0, 0.1) is 0 Å². The van der Waals surface area contributed by atoms with E-state index < -0.39 is 0 Å². The number of piperidine rings is 1. The van der Waals surface area contributed by atoms with E-state index in [-0.39, 0.29) is 0 Å². The van der Waals surface area contributed by atoms with Crippen molar-refractivity contribution in [2.45, 2.75) is 36.2 Å². The van der Waals surface area contributed by atoms with E-state index in [1.807, 2.05) is 12.3 Å². The van der Waals surface area contributed by atoms with Gasteiger partial charge in [-0.25, -0.2) is 0 Å². The van der Waals surface area contributed by atoms with Crippen LogP contribution in [0.15, 0.2) is 72.0 Å². The molecule has 4 aromatic rings. The van der Waals surface area contributed by atoms with Crippen LogP contribution in [0.3, 0.4) is 0 Å². The van der Waals surface area contributed by atoms with Crippen LogP contribution in [0.1, 0.15) is 35.7 Å². The number of fused-ring (bicyclic) bond motifs is 1. The lowest BCUT2D eigenvalue weighted by Gasteiger charge is -2.32. The van der Waals surface area contributed by atoms with Gasteiger partial charge in [0.25, 0.3) is 0 Å². The lowest BCUT2D eigenvalue weighted by Crippen LogP contribution is -2.34. The maximum absolute atomic E-state index is 4.60. The van der Waals surface area contributed by atoms with Crippen molar-refractivity contribution in [1.82, 2.24) is 24.6 Å². The average Bonchev–Trinajstić information content (AvgIpc) is 3.19. The maximum Gasteiger partial charge on any atom is 0.191 e. The molecule has 5 nitrogen and oxygen atoms in total. The smallest absolute Gasteiger partial charge is 0.191 e. The predicted octanol–water partition coefficient (Wildman–Crippen LogP) is 5.04. The molecule has 158 valence electrons. The monoisotopic (exact) mass is 429 g/mol. The summed E-state index contributed by atoms with van der Waals surface area (Å²) in [6.07, 6.45) is 4.22.